The molecule has 6 nitrogen and oxygen atoms in total. The maximum atomic E-state index is 10.9. The molecule has 0 aliphatic carbocycles. The lowest BCUT2D eigenvalue weighted by Gasteiger charge is -2.36. The molecule has 1 N–H and O–H groups in total. The van der Waals surface area contributed by atoms with Crippen LogP contribution >= 0.6 is 0 Å². The van der Waals surface area contributed by atoms with E-state index in [4.69, 9.17) is 9.47 Å². The van der Waals surface area contributed by atoms with E-state index in [0.29, 0.717) is 46.1 Å². The number of hydrogen-bond donors (Lipinski definition) is 1. The lowest BCUT2D eigenvalue weighted by Crippen LogP contribution is -2.52. The number of quaternary nitrogens is 1. The molecule has 0 spiro atoms. The third-order valence-corrected chi connectivity index (χ3v) is 3.59. The van der Waals surface area contributed by atoms with Gasteiger partial charge in [0.1, 0.15) is 19.4 Å². The molecule has 0 heterocycles. The quantitative estimate of drug-likeness (QED) is 0.242. The third-order valence-electron chi connectivity index (χ3n) is 3.59. The van der Waals surface area contributed by atoms with Crippen molar-refractivity contribution in [1.82, 2.24) is 5.32 Å². The van der Waals surface area contributed by atoms with Crippen molar-refractivity contribution < 1.29 is 23.5 Å². The van der Waals surface area contributed by atoms with Gasteiger partial charge in [-0.3, -0.25) is 4.79 Å². The molecule has 130 valence electrons. The Bertz CT molecular complexity index is 269. The van der Waals surface area contributed by atoms with Crippen LogP contribution in [0.4, 0.5) is 0 Å². The monoisotopic (exact) mass is 317 g/mol. The molecule has 0 rings (SSSR count). The van der Waals surface area contributed by atoms with Gasteiger partial charge in [0.05, 0.1) is 46.1 Å². The van der Waals surface area contributed by atoms with Gasteiger partial charge in [0, 0.05) is 6.54 Å². The van der Waals surface area contributed by atoms with E-state index in [0.717, 1.165) is 49.5 Å². The molecule has 0 aromatic rings. The molecule has 0 aromatic heterocycles. The number of ether oxygens (including phenoxy) is 2. The Hall–Kier alpha value is -0.820. The number of rotatable bonds is 17. The zero-order valence-corrected chi connectivity index (χ0v) is 14.2. The molecule has 22 heavy (non-hydrogen) atoms. The van der Waals surface area contributed by atoms with E-state index in [1.54, 1.807) is 0 Å². The summed E-state index contributed by atoms with van der Waals surface area (Å²) in [5.74, 6) is 0. The first-order valence-electron chi connectivity index (χ1n) is 8.33. The molecule has 0 radical (unpaired) electrons. The lowest BCUT2D eigenvalue weighted by atomic mass is 10.2. The molecule has 0 atom stereocenters. The largest absolute Gasteiger partial charge is 0.378 e. The highest BCUT2D eigenvalue weighted by atomic mass is 16.5. The SMILES string of the molecule is CCC[N+](CC=O)(CCC)CCOCCOCCNCC=O. The predicted octanol–water partition coefficient (Wildman–Crippen LogP) is 0.644. The molecule has 0 bridgehead atoms. The number of carbonyl (C=O) groups excluding carboxylic acids is 2. The van der Waals surface area contributed by atoms with Gasteiger partial charge in [0.15, 0.2) is 6.29 Å². The van der Waals surface area contributed by atoms with Crippen LogP contribution in [0.15, 0.2) is 0 Å². The summed E-state index contributed by atoms with van der Waals surface area (Å²) in [7, 11) is 0. The van der Waals surface area contributed by atoms with E-state index in [-0.39, 0.29) is 0 Å². The van der Waals surface area contributed by atoms with Gasteiger partial charge < -0.3 is 24.1 Å². The maximum absolute atomic E-state index is 10.9. The molecule has 0 fully saturated rings. The van der Waals surface area contributed by atoms with Crippen molar-refractivity contribution in [3.05, 3.63) is 0 Å². The van der Waals surface area contributed by atoms with E-state index >= 15 is 0 Å². The fourth-order valence-electron chi connectivity index (χ4n) is 2.60. The fourth-order valence-corrected chi connectivity index (χ4v) is 2.60. The second-order valence-electron chi connectivity index (χ2n) is 5.46. The zero-order chi connectivity index (χ0) is 16.5. The molecular formula is C16H33N2O4+. The van der Waals surface area contributed by atoms with Crippen molar-refractivity contribution >= 4 is 12.6 Å². The van der Waals surface area contributed by atoms with Crippen molar-refractivity contribution in [2.75, 3.05) is 65.7 Å². The van der Waals surface area contributed by atoms with Crippen LogP contribution in [0.1, 0.15) is 26.7 Å². The van der Waals surface area contributed by atoms with Crippen LogP contribution in [0.25, 0.3) is 0 Å². The summed E-state index contributed by atoms with van der Waals surface area (Å²) in [6, 6.07) is 0. The highest BCUT2D eigenvalue weighted by Crippen LogP contribution is 2.09. The topological polar surface area (TPSA) is 64.6 Å². The molecule has 0 aromatic carbocycles. The summed E-state index contributed by atoms with van der Waals surface area (Å²) < 4.78 is 11.8. The van der Waals surface area contributed by atoms with Crippen molar-refractivity contribution in [3.63, 3.8) is 0 Å². The van der Waals surface area contributed by atoms with Gasteiger partial charge in [-0.25, -0.2) is 0 Å². The van der Waals surface area contributed by atoms with Crippen molar-refractivity contribution in [2.45, 2.75) is 26.7 Å². The number of nitrogens with one attached hydrogen (secondary N) is 1. The Balaban J connectivity index is 3.74. The lowest BCUT2D eigenvalue weighted by molar-refractivity contribution is -0.920. The average Bonchev–Trinajstić information content (AvgIpc) is 2.50. The highest BCUT2D eigenvalue weighted by Gasteiger charge is 2.24. The van der Waals surface area contributed by atoms with Gasteiger partial charge in [0.25, 0.3) is 0 Å². The van der Waals surface area contributed by atoms with Crippen LogP contribution in [0.5, 0.6) is 0 Å². The molecule has 0 saturated carbocycles. The van der Waals surface area contributed by atoms with Crippen LogP contribution in [0.2, 0.25) is 0 Å². The van der Waals surface area contributed by atoms with E-state index in [2.05, 4.69) is 19.2 Å². The summed E-state index contributed by atoms with van der Waals surface area (Å²) in [6.07, 6.45) is 4.01. The van der Waals surface area contributed by atoms with Crippen LogP contribution in [0, 0.1) is 0 Å². The Morgan fingerprint density at radius 1 is 0.864 bits per heavy atom. The van der Waals surface area contributed by atoms with E-state index < -0.39 is 0 Å². The minimum Gasteiger partial charge on any atom is -0.378 e. The van der Waals surface area contributed by atoms with Gasteiger partial charge in [0.2, 0.25) is 0 Å². The highest BCUT2D eigenvalue weighted by molar-refractivity contribution is 5.51. The van der Waals surface area contributed by atoms with Gasteiger partial charge in [-0.05, 0) is 12.8 Å². The molecule has 0 unspecified atom stereocenters. The predicted molar refractivity (Wildman–Crippen MR) is 86.9 cm³/mol. The summed E-state index contributed by atoms with van der Waals surface area (Å²) >= 11 is 0. The number of aldehydes is 2. The molecule has 0 saturated heterocycles. The molecule has 0 aliphatic heterocycles. The Morgan fingerprint density at radius 3 is 2.05 bits per heavy atom. The van der Waals surface area contributed by atoms with Gasteiger partial charge >= 0.3 is 0 Å². The number of carbonyl (C=O) groups is 2. The first kappa shape index (κ1) is 21.2. The van der Waals surface area contributed by atoms with Crippen LogP contribution < -0.4 is 5.32 Å². The second-order valence-corrected chi connectivity index (χ2v) is 5.46. The van der Waals surface area contributed by atoms with E-state index in [1.807, 2.05) is 0 Å². The molecular weight excluding hydrogens is 284 g/mol. The first-order chi connectivity index (χ1) is 10.7. The minimum atomic E-state index is 0.367. The number of nitrogens with zero attached hydrogens (tertiary/aromatic N) is 1. The second kappa shape index (κ2) is 15.1. The maximum Gasteiger partial charge on any atom is 0.174 e. The zero-order valence-electron chi connectivity index (χ0n) is 14.2. The summed E-state index contributed by atoms with van der Waals surface area (Å²) in [6.45, 7) is 11.2. The minimum absolute atomic E-state index is 0.367. The van der Waals surface area contributed by atoms with Gasteiger partial charge in [-0.1, -0.05) is 13.8 Å². The molecule has 0 amide bonds. The Kier molecular flexibility index (Phi) is 14.5. The average molecular weight is 317 g/mol. The first-order valence-corrected chi connectivity index (χ1v) is 8.33. The van der Waals surface area contributed by atoms with Gasteiger partial charge in [-0.15, -0.1) is 0 Å². The van der Waals surface area contributed by atoms with Crippen molar-refractivity contribution in [2.24, 2.45) is 0 Å². The Labute approximate surface area is 134 Å². The standard InChI is InChI=1S/C16H33N2O4/c1-3-7-18(8-4-2,9-12-20)10-14-22-16-15-21-13-6-17-5-11-19/h11-12,17H,3-10,13-16H2,1-2H3/q+1. The summed E-state index contributed by atoms with van der Waals surface area (Å²) in [4.78, 5) is 21.0. The van der Waals surface area contributed by atoms with E-state index in [9.17, 15) is 9.59 Å². The number of hydrogen-bond acceptors (Lipinski definition) is 5. The van der Waals surface area contributed by atoms with Crippen molar-refractivity contribution in [3.8, 4) is 0 Å². The van der Waals surface area contributed by atoms with Crippen LogP contribution in [-0.2, 0) is 19.1 Å². The summed E-state index contributed by atoms with van der Waals surface area (Å²) in [5, 5.41) is 2.93. The molecule has 0 aliphatic rings. The van der Waals surface area contributed by atoms with E-state index in [1.165, 1.54) is 0 Å². The van der Waals surface area contributed by atoms with Gasteiger partial charge in [-0.2, -0.15) is 0 Å². The Morgan fingerprint density at radius 2 is 1.50 bits per heavy atom. The smallest absolute Gasteiger partial charge is 0.174 e. The fraction of sp³-hybridized carbons (Fsp3) is 0.875. The van der Waals surface area contributed by atoms with Crippen LogP contribution in [0.3, 0.4) is 0 Å². The van der Waals surface area contributed by atoms with Crippen LogP contribution in [-0.4, -0.2) is 82.8 Å². The van der Waals surface area contributed by atoms with Crippen molar-refractivity contribution in [1.29, 1.82) is 0 Å². The normalized spacial score (nSPS) is 11.5. The third kappa shape index (κ3) is 10.8. The molecule has 6 heteroatoms. The summed E-state index contributed by atoms with van der Waals surface area (Å²) in [5.41, 5.74) is 0.